The average Bonchev–Trinajstić information content (AvgIpc) is 2.51. The van der Waals surface area contributed by atoms with E-state index < -0.39 is 0 Å². The van der Waals surface area contributed by atoms with Gasteiger partial charge in [-0.25, -0.2) is 0 Å². The molecule has 2 heteroatoms. The van der Waals surface area contributed by atoms with Crippen molar-refractivity contribution in [3.05, 3.63) is 34.3 Å². The molecule has 1 aliphatic carbocycles. The number of aryl methyl sites for hydroxylation is 1. The number of hydrogen-bond acceptors (Lipinski definition) is 1. The summed E-state index contributed by atoms with van der Waals surface area (Å²) in [6, 6.07) is 5.99. The number of aldehydes is 1. The summed E-state index contributed by atoms with van der Waals surface area (Å²) in [5.41, 5.74) is 2.52. The molecule has 0 amide bonds. The molecule has 0 bridgehead atoms. The summed E-state index contributed by atoms with van der Waals surface area (Å²) in [5, 5.41) is 0.821. The zero-order valence-corrected chi connectivity index (χ0v) is 8.05. The first kappa shape index (κ1) is 8.76. The van der Waals surface area contributed by atoms with Gasteiger partial charge in [-0.3, -0.25) is 0 Å². The Morgan fingerprint density at radius 1 is 1.54 bits per heavy atom. The van der Waals surface area contributed by atoms with Gasteiger partial charge in [-0.1, -0.05) is 23.7 Å². The van der Waals surface area contributed by atoms with Gasteiger partial charge in [0.05, 0.1) is 0 Å². The maximum absolute atomic E-state index is 10.4. The van der Waals surface area contributed by atoms with Gasteiger partial charge in [0, 0.05) is 11.4 Å². The van der Waals surface area contributed by atoms with E-state index in [1.54, 1.807) is 0 Å². The largest absolute Gasteiger partial charge is 0.303 e. The molecule has 0 N–H and O–H groups in total. The zero-order valence-electron chi connectivity index (χ0n) is 7.29. The average molecular weight is 195 g/mol. The molecule has 1 aliphatic rings. The van der Waals surface area contributed by atoms with Gasteiger partial charge in [0.2, 0.25) is 0 Å². The van der Waals surface area contributed by atoms with E-state index in [-0.39, 0.29) is 0 Å². The van der Waals surface area contributed by atoms with Gasteiger partial charge in [-0.05, 0) is 36.0 Å². The normalized spacial score (nSPS) is 19.9. The molecule has 0 saturated carbocycles. The van der Waals surface area contributed by atoms with Crippen LogP contribution in [-0.4, -0.2) is 6.29 Å². The second kappa shape index (κ2) is 3.51. The number of benzene rings is 1. The topological polar surface area (TPSA) is 17.1 Å². The second-order valence-electron chi connectivity index (χ2n) is 3.45. The minimum atomic E-state index is 0.362. The van der Waals surface area contributed by atoms with E-state index in [9.17, 15) is 4.79 Å². The van der Waals surface area contributed by atoms with Crippen LogP contribution in [0.1, 0.15) is 29.9 Å². The van der Waals surface area contributed by atoms with E-state index in [1.165, 1.54) is 11.1 Å². The highest BCUT2D eigenvalue weighted by molar-refractivity contribution is 6.31. The highest BCUT2D eigenvalue weighted by Crippen LogP contribution is 2.39. The molecule has 0 aromatic heterocycles. The summed E-state index contributed by atoms with van der Waals surface area (Å²) in [6.07, 6.45) is 3.73. The fourth-order valence-electron chi connectivity index (χ4n) is 2.08. The van der Waals surface area contributed by atoms with Crippen molar-refractivity contribution >= 4 is 17.9 Å². The smallest absolute Gasteiger partial charge is 0.120 e. The Kier molecular flexibility index (Phi) is 2.36. The van der Waals surface area contributed by atoms with Crippen LogP contribution in [0.5, 0.6) is 0 Å². The Balaban J connectivity index is 2.39. The lowest BCUT2D eigenvalue weighted by Crippen LogP contribution is -1.94. The molecule has 0 aliphatic heterocycles. The maximum Gasteiger partial charge on any atom is 0.120 e. The molecule has 1 aromatic rings. The molecule has 0 fully saturated rings. The quantitative estimate of drug-likeness (QED) is 0.662. The molecule has 1 unspecified atom stereocenters. The van der Waals surface area contributed by atoms with Crippen LogP contribution in [0, 0.1) is 0 Å². The molecule has 1 atom stereocenters. The van der Waals surface area contributed by atoms with E-state index >= 15 is 0 Å². The van der Waals surface area contributed by atoms with Crippen molar-refractivity contribution in [2.45, 2.75) is 25.2 Å². The van der Waals surface area contributed by atoms with Crippen LogP contribution < -0.4 is 0 Å². The highest BCUT2D eigenvalue weighted by Gasteiger charge is 2.23. The van der Waals surface area contributed by atoms with E-state index in [1.807, 2.05) is 12.1 Å². The van der Waals surface area contributed by atoms with Crippen molar-refractivity contribution in [1.82, 2.24) is 0 Å². The first-order chi connectivity index (χ1) is 6.33. The van der Waals surface area contributed by atoms with E-state index in [4.69, 9.17) is 11.6 Å². The molecule has 1 aromatic carbocycles. The lowest BCUT2D eigenvalue weighted by molar-refractivity contribution is -0.108. The van der Waals surface area contributed by atoms with Gasteiger partial charge in [-0.15, -0.1) is 0 Å². The van der Waals surface area contributed by atoms with E-state index in [0.29, 0.717) is 12.3 Å². The lowest BCUT2D eigenvalue weighted by Gasteiger charge is -2.08. The van der Waals surface area contributed by atoms with Crippen LogP contribution in [0.4, 0.5) is 0 Å². The minimum absolute atomic E-state index is 0.362. The summed E-state index contributed by atoms with van der Waals surface area (Å²) in [4.78, 5) is 10.4. The van der Waals surface area contributed by atoms with Gasteiger partial charge >= 0.3 is 0 Å². The van der Waals surface area contributed by atoms with E-state index in [2.05, 4.69) is 6.07 Å². The molecule has 0 spiro atoms. The van der Waals surface area contributed by atoms with E-state index in [0.717, 1.165) is 24.2 Å². The molecule has 2 rings (SSSR count). The SMILES string of the molecule is O=CCC1CCc2cccc(Cl)c21. The monoisotopic (exact) mass is 194 g/mol. The Morgan fingerprint density at radius 3 is 3.15 bits per heavy atom. The Labute approximate surface area is 82.7 Å². The van der Waals surface area contributed by atoms with Crippen LogP contribution in [0.25, 0.3) is 0 Å². The lowest BCUT2D eigenvalue weighted by atomic mass is 9.99. The van der Waals surface area contributed by atoms with Gasteiger partial charge < -0.3 is 4.79 Å². The number of hydrogen-bond donors (Lipinski definition) is 0. The van der Waals surface area contributed by atoms with Crippen LogP contribution >= 0.6 is 11.6 Å². The molecule has 13 heavy (non-hydrogen) atoms. The van der Waals surface area contributed by atoms with Gasteiger partial charge in [0.25, 0.3) is 0 Å². The number of fused-ring (bicyclic) bond motifs is 1. The van der Waals surface area contributed by atoms with Crippen molar-refractivity contribution in [2.24, 2.45) is 0 Å². The summed E-state index contributed by atoms with van der Waals surface area (Å²) < 4.78 is 0. The minimum Gasteiger partial charge on any atom is -0.303 e. The Morgan fingerprint density at radius 2 is 2.38 bits per heavy atom. The van der Waals surface area contributed by atoms with Gasteiger partial charge in [0.15, 0.2) is 0 Å². The summed E-state index contributed by atoms with van der Waals surface area (Å²) in [7, 11) is 0. The van der Waals surface area contributed by atoms with Crippen molar-refractivity contribution in [3.8, 4) is 0 Å². The van der Waals surface area contributed by atoms with Crippen molar-refractivity contribution in [3.63, 3.8) is 0 Å². The Bertz CT molecular complexity index is 333. The second-order valence-corrected chi connectivity index (χ2v) is 3.86. The molecule has 0 saturated heterocycles. The van der Waals surface area contributed by atoms with Crippen LogP contribution in [0.3, 0.4) is 0 Å². The van der Waals surface area contributed by atoms with Crippen molar-refractivity contribution < 1.29 is 4.79 Å². The third kappa shape index (κ3) is 1.49. The maximum atomic E-state index is 10.4. The molecule has 0 heterocycles. The fraction of sp³-hybridized carbons (Fsp3) is 0.364. The highest BCUT2D eigenvalue weighted by atomic mass is 35.5. The summed E-state index contributed by atoms with van der Waals surface area (Å²) in [5.74, 6) is 0.362. The first-order valence-corrected chi connectivity index (χ1v) is 4.91. The zero-order chi connectivity index (χ0) is 9.26. The predicted molar refractivity (Wildman–Crippen MR) is 53.2 cm³/mol. The molecule has 68 valence electrons. The first-order valence-electron chi connectivity index (χ1n) is 4.54. The number of carbonyl (C=O) groups excluding carboxylic acids is 1. The van der Waals surface area contributed by atoms with Crippen molar-refractivity contribution in [1.29, 1.82) is 0 Å². The fourth-order valence-corrected chi connectivity index (χ4v) is 2.43. The summed E-state index contributed by atoms with van der Waals surface area (Å²) >= 11 is 6.08. The number of carbonyl (C=O) groups is 1. The molecular weight excluding hydrogens is 184 g/mol. The molecular formula is C11H11ClO. The summed E-state index contributed by atoms with van der Waals surface area (Å²) in [6.45, 7) is 0. The van der Waals surface area contributed by atoms with Crippen LogP contribution in [0.15, 0.2) is 18.2 Å². The van der Waals surface area contributed by atoms with Crippen LogP contribution in [-0.2, 0) is 11.2 Å². The predicted octanol–water partition coefficient (Wildman–Crippen LogP) is 2.96. The number of halogens is 1. The molecule has 1 nitrogen and oxygen atoms in total. The third-order valence-electron chi connectivity index (χ3n) is 2.69. The van der Waals surface area contributed by atoms with Gasteiger partial charge in [-0.2, -0.15) is 0 Å². The standard InChI is InChI=1S/C11H11ClO/c12-10-3-1-2-8-4-5-9(6-7-13)11(8)10/h1-3,7,9H,4-6H2. The Hall–Kier alpha value is -0.820. The number of rotatable bonds is 2. The van der Waals surface area contributed by atoms with Gasteiger partial charge in [0.1, 0.15) is 6.29 Å². The van der Waals surface area contributed by atoms with Crippen LogP contribution in [0.2, 0.25) is 5.02 Å². The van der Waals surface area contributed by atoms with Crippen molar-refractivity contribution in [2.75, 3.05) is 0 Å². The molecule has 0 radical (unpaired) electrons. The third-order valence-corrected chi connectivity index (χ3v) is 3.02.